The number of nitrogens with one attached hydrogen (secondary N) is 1. The van der Waals surface area contributed by atoms with Gasteiger partial charge in [-0.05, 0) is 42.3 Å². The van der Waals surface area contributed by atoms with Gasteiger partial charge in [0.05, 0.1) is 39.7 Å². The molecule has 6 heteroatoms. The standard InChI is InChI=1S/C21H27N3O3/c1-16(18-5-7-19(8-6-18)24-10-12-27-13-11-24)23-22-15-17-4-9-20(25-2)21(14-17)26-3/h4-9,14,22H,10-13,15H2,1-3H3/b23-16+. The lowest BCUT2D eigenvalue weighted by Gasteiger charge is -2.28. The lowest BCUT2D eigenvalue weighted by molar-refractivity contribution is 0.122. The molecule has 1 N–H and O–H groups in total. The van der Waals surface area contributed by atoms with Crippen molar-refractivity contribution in [3.05, 3.63) is 53.6 Å². The Morgan fingerprint density at radius 1 is 1.04 bits per heavy atom. The fraction of sp³-hybridized carbons (Fsp3) is 0.381. The Bertz CT molecular complexity index is 769. The molecule has 1 fully saturated rings. The Kier molecular flexibility index (Phi) is 6.54. The number of rotatable bonds is 7. The van der Waals surface area contributed by atoms with E-state index in [1.807, 2.05) is 25.1 Å². The molecule has 0 amide bonds. The lowest BCUT2D eigenvalue weighted by Crippen LogP contribution is -2.36. The first-order valence-electron chi connectivity index (χ1n) is 9.12. The Hall–Kier alpha value is -2.73. The zero-order chi connectivity index (χ0) is 19.1. The van der Waals surface area contributed by atoms with Crippen molar-refractivity contribution in [1.82, 2.24) is 5.43 Å². The van der Waals surface area contributed by atoms with Crippen LogP contribution in [0.5, 0.6) is 11.5 Å². The van der Waals surface area contributed by atoms with Crippen molar-refractivity contribution in [2.24, 2.45) is 5.10 Å². The highest BCUT2D eigenvalue weighted by Gasteiger charge is 2.11. The minimum absolute atomic E-state index is 0.615. The average Bonchev–Trinajstić information content (AvgIpc) is 2.74. The third-order valence-electron chi connectivity index (χ3n) is 4.64. The second-order valence-electron chi connectivity index (χ2n) is 6.37. The van der Waals surface area contributed by atoms with Crippen molar-refractivity contribution in [2.75, 3.05) is 45.4 Å². The predicted molar refractivity (Wildman–Crippen MR) is 108 cm³/mol. The molecular formula is C21H27N3O3. The van der Waals surface area contributed by atoms with Crippen LogP contribution in [-0.2, 0) is 11.3 Å². The van der Waals surface area contributed by atoms with Gasteiger partial charge in [-0.1, -0.05) is 18.2 Å². The highest BCUT2D eigenvalue weighted by Crippen LogP contribution is 2.27. The highest BCUT2D eigenvalue weighted by molar-refractivity contribution is 5.98. The van der Waals surface area contributed by atoms with Crippen LogP contribution in [0.15, 0.2) is 47.6 Å². The van der Waals surface area contributed by atoms with Crippen LogP contribution < -0.4 is 19.8 Å². The summed E-state index contributed by atoms with van der Waals surface area (Å²) in [6.07, 6.45) is 0. The fourth-order valence-electron chi connectivity index (χ4n) is 3.04. The maximum Gasteiger partial charge on any atom is 0.161 e. The maximum atomic E-state index is 5.41. The van der Waals surface area contributed by atoms with Gasteiger partial charge in [0.25, 0.3) is 0 Å². The summed E-state index contributed by atoms with van der Waals surface area (Å²) in [6.45, 7) is 6.10. The number of benzene rings is 2. The molecule has 0 bridgehead atoms. The van der Waals surface area contributed by atoms with Crippen LogP contribution in [0.3, 0.4) is 0 Å². The summed E-state index contributed by atoms with van der Waals surface area (Å²) in [4.78, 5) is 2.34. The molecular weight excluding hydrogens is 342 g/mol. The Morgan fingerprint density at radius 2 is 1.74 bits per heavy atom. The van der Waals surface area contributed by atoms with E-state index in [1.165, 1.54) is 5.69 Å². The van der Waals surface area contributed by atoms with Crippen molar-refractivity contribution < 1.29 is 14.2 Å². The highest BCUT2D eigenvalue weighted by atomic mass is 16.5. The van der Waals surface area contributed by atoms with E-state index in [1.54, 1.807) is 14.2 Å². The van der Waals surface area contributed by atoms with Crippen LogP contribution >= 0.6 is 0 Å². The molecule has 2 aromatic rings. The number of methoxy groups -OCH3 is 2. The molecule has 144 valence electrons. The third kappa shape index (κ3) is 4.92. The van der Waals surface area contributed by atoms with Gasteiger partial charge in [-0.3, -0.25) is 0 Å². The van der Waals surface area contributed by atoms with Crippen LogP contribution in [0.25, 0.3) is 0 Å². The SMILES string of the molecule is COc1ccc(CN/N=C(\C)c2ccc(N3CCOCC3)cc2)cc1OC. The Balaban J connectivity index is 1.59. The second-order valence-corrected chi connectivity index (χ2v) is 6.37. The molecule has 6 nitrogen and oxygen atoms in total. The zero-order valence-electron chi connectivity index (χ0n) is 16.2. The number of hydrogen-bond donors (Lipinski definition) is 1. The normalized spacial score (nSPS) is 14.8. The lowest BCUT2D eigenvalue weighted by atomic mass is 10.1. The Labute approximate surface area is 160 Å². The van der Waals surface area contributed by atoms with Gasteiger partial charge in [0.1, 0.15) is 0 Å². The minimum atomic E-state index is 0.615. The summed E-state index contributed by atoms with van der Waals surface area (Å²) >= 11 is 0. The van der Waals surface area contributed by atoms with Crippen LogP contribution in [0.2, 0.25) is 0 Å². The number of ether oxygens (including phenoxy) is 3. The number of hydrazone groups is 1. The summed E-state index contributed by atoms with van der Waals surface area (Å²) in [5.74, 6) is 1.44. The van der Waals surface area contributed by atoms with Gasteiger partial charge >= 0.3 is 0 Å². The van der Waals surface area contributed by atoms with E-state index < -0.39 is 0 Å². The fourth-order valence-corrected chi connectivity index (χ4v) is 3.04. The topological polar surface area (TPSA) is 55.3 Å². The van der Waals surface area contributed by atoms with E-state index in [-0.39, 0.29) is 0 Å². The van der Waals surface area contributed by atoms with Crippen molar-refractivity contribution in [1.29, 1.82) is 0 Å². The average molecular weight is 369 g/mol. The maximum absolute atomic E-state index is 5.41. The molecule has 0 aliphatic carbocycles. The van der Waals surface area contributed by atoms with E-state index in [2.05, 4.69) is 39.7 Å². The largest absolute Gasteiger partial charge is 0.493 e. The van der Waals surface area contributed by atoms with Crippen molar-refractivity contribution in [3.63, 3.8) is 0 Å². The molecule has 0 saturated carbocycles. The van der Waals surface area contributed by atoms with Gasteiger partial charge in [-0.15, -0.1) is 0 Å². The first-order chi connectivity index (χ1) is 13.2. The summed E-state index contributed by atoms with van der Waals surface area (Å²) < 4.78 is 16.0. The van der Waals surface area contributed by atoms with E-state index in [9.17, 15) is 0 Å². The molecule has 3 rings (SSSR count). The molecule has 27 heavy (non-hydrogen) atoms. The quantitative estimate of drug-likeness (QED) is 0.600. The molecule has 1 aliphatic rings. The second kappa shape index (κ2) is 9.28. The first kappa shape index (κ1) is 19.0. The van der Waals surface area contributed by atoms with Crippen LogP contribution in [0.1, 0.15) is 18.1 Å². The summed E-state index contributed by atoms with van der Waals surface area (Å²) in [5, 5.41) is 4.49. The van der Waals surface area contributed by atoms with E-state index in [0.29, 0.717) is 6.54 Å². The smallest absolute Gasteiger partial charge is 0.161 e. The summed E-state index contributed by atoms with van der Waals surface area (Å²) in [5.41, 5.74) is 7.49. The minimum Gasteiger partial charge on any atom is -0.493 e. The van der Waals surface area contributed by atoms with Gasteiger partial charge in [-0.2, -0.15) is 5.10 Å². The molecule has 0 unspecified atom stereocenters. The molecule has 0 aromatic heterocycles. The van der Waals surface area contributed by atoms with Gasteiger partial charge in [0.15, 0.2) is 11.5 Å². The predicted octanol–water partition coefficient (Wildman–Crippen LogP) is 3.05. The summed E-state index contributed by atoms with van der Waals surface area (Å²) in [6, 6.07) is 14.4. The molecule has 0 radical (unpaired) electrons. The van der Waals surface area contributed by atoms with E-state index in [0.717, 1.165) is 54.6 Å². The number of anilines is 1. The van der Waals surface area contributed by atoms with Gasteiger partial charge < -0.3 is 24.5 Å². The van der Waals surface area contributed by atoms with Crippen LogP contribution in [0.4, 0.5) is 5.69 Å². The van der Waals surface area contributed by atoms with Crippen molar-refractivity contribution in [3.8, 4) is 11.5 Å². The first-order valence-corrected chi connectivity index (χ1v) is 9.12. The van der Waals surface area contributed by atoms with Crippen molar-refractivity contribution >= 4 is 11.4 Å². The number of morpholine rings is 1. The zero-order valence-corrected chi connectivity index (χ0v) is 16.2. The molecule has 1 heterocycles. The van der Waals surface area contributed by atoms with E-state index in [4.69, 9.17) is 14.2 Å². The van der Waals surface area contributed by atoms with Crippen LogP contribution in [-0.4, -0.2) is 46.2 Å². The molecule has 1 saturated heterocycles. The van der Waals surface area contributed by atoms with Gasteiger partial charge in [0, 0.05) is 18.8 Å². The molecule has 0 spiro atoms. The van der Waals surface area contributed by atoms with Gasteiger partial charge in [-0.25, -0.2) is 0 Å². The molecule has 1 aliphatic heterocycles. The van der Waals surface area contributed by atoms with Gasteiger partial charge in [0.2, 0.25) is 0 Å². The number of hydrogen-bond acceptors (Lipinski definition) is 6. The summed E-state index contributed by atoms with van der Waals surface area (Å²) in [7, 11) is 3.27. The number of nitrogens with zero attached hydrogens (tertiary/aromatic N) is 2. The monoisotopic (exact) mass is 369 g/mol. The van der Waals surface area contributed by atoms with Crippen LogP contribution in [0, 0.1) is 0 Å². The van der Waals surface area contributed by atoms with E-state index >= 15 is 0 Å². The Morgan fingerprint density at radius 3 is 2.41 bits per heavy atom. The van der Waals surface area contributed by atoms with Crippen molar-refractivity contribution in [2.45, 2.75) is 13.5 Å². The molecule has 0 atom stereocenters. The third-order valence-corrected chi connectivity index (χ3v) is 4.64. The molecule has 2 aromatic carbocycles.